The number of aryl methyl sites for hydroxylation is 1. The lowest BCUT2D eigenvalue weighted by Gasteiger charge is -2.19. The van der Waals surface area contributed by atoms with Crippen LogP contribution in [0.5, 0.6) is 0 Å². The van der Waals surface area contributed by atoms with Crippen molar-refractivity contribution in [3.63, 3.8) is 0 Å². The summed E-state index contributed by atoms with van der Waals surface area (Å²) < 4.78 is 28.4. The van der Waals surface area contributed by atoms with Crippen LogP contribution in [0, 0.1) is 18.3 Å². The molecule has 1 aliphatic heterocycles. The highest BCUT2D eigenvalue weighted by atomic mass is 19.3. The van der Waals surface area contributed by atoms with E-state index >= 15 is 0 Å². The van der Waals surface area contributed by atoms with E-state index in [9.17, 15) is 18.4 Å². The summed E-state index contributed by atoms with van der Waals surface area (Å²) in [5, 5.41) is 15.5. The molecule has 28 heavy (non-hydrogen) atoms. The van der Waals surface area contributed by atoms with Crippen molar-refractivity contribution < 1.29 is 18.4 Å². The third-order valence-corrected chi connectivity index (χ3v) is 4.50. The van der Waals surface area contributed by atoms with Gasteiger partial charge < -0.3 is 10.2 Å². The molecule has 2 heterocycles. The van der Waals surface area contributed by atoms with Crippen molar-refractivity contribution in [2.24, 2.45) is 0 Å². The number of halogens is 2. The van der Waals surface area contributed by atoms with Crippen LogP contribution in [0.25, 0.3) is 0 Å². The average Bonchev–Trinajstić information content (AvgIpc) is 3.25. The maximum absolute atomic E-state index is 13.4. The Labute approximate surface area is 160 Å². The van der Waals surface area contributed by atoms with E-state index in [1.807, 2.05) is 31.2 Å². The van der Waals surface area contributed by atoms with Gasteiger partial charge in [-0.3, -0.25) is 14.3 Å². The lowest BCUT2D eigenvalue weighted by Crippen LogP contribution is -2.42. The number of likely N-dealkylation sites (tertiary alicyclic amines) is 1. The Morgan fingerprint density at radius 1 is 1.36 bits per heavy atom. The molecule has 0 unspecified atom stereocenters. The maximum Gasteiger partial charge on any atom is 0.268 e. The van der Waals surface area contributed by atoms with E-state index in [2.05, 4.69) is 10.4 Å². The zero-order chi connectivity index (χ0) is 20.3. The first-order valence-corrected chi connectivity index (χ1v) is 8.70. The first-order valence-electron chi connectivity index (χ1n) is 8.70. The number of rotatable bonds is 5. The zero-order valence-electron chi connectivity index (χ0n) is 15.2. The van der Waals surface area contributed by atoms with Gasteiger partial charge in [0.1, 0.15) is 6.04 Å². The van der Waals surface area contributed by atoms with Gasteiger partial charge in [-0.1, -0.05) is 29.8 Å². The number of aromatic nitrogens is 2. The molecule has 1 saturated heterocycles. The molecular weight excluding hydrogens is 368 g/mol. The van der Waals surface area contributed by atoms with Crippen LogP contribution < -0.4 is 5.32 Å². The SMILES string of the molecule is Cc1ccc(Cn2cc(C(=O)NCC(=O)N3CC(F)(F)C[C@H]3C#N)cn2)cc1. The molecule has 1 aromatic carbocycles. The van der Waals surface area contributed by atoms with Crippen LogP contribution in [0.1, 0.15) is 27.9 Å². The summed E-state index contributed by atoms with van der Waals surface area (Å²) in [4.78, 5) is 25.1. The molecule has 7 nitrogen and oxygen atoms in total. The normalized spacial score (nSPS) is 17.9. The Bertz CT molecular complexity index is 917. The smallest absolute Gasteiger partial charge is 0.268 e. The summed E-state index contributed by atoms with van der Waals surface area (Å²) in [6, 6.07) is 8.41. The molecule has 2 aromatic rings. The van der Waals surface area contributed by atoms with Crippen LogP contribution in [-0.2, 0) is 11.3 Å². The number of benzene rings is 1. The van der Waals surface area contributed by atoms with E-state index < -0.39 is 43.3 Å². The highest BCUT2D eigenvalue weighted by molar-refractivity contribution is 5.96. The van der Waals surface area contributed by atoms with Crippen LogP contribution >= 0.6 is 0 Å². The number of alkyl halides is 2. The van der Waals surface area contributed by atoms with Crippen LogP contribution in [0.4, 0.5) is 8.78 Å². The molecule has 9 heteroatoms. The zero-order valence-corrected chi connectivity index (χ0v) is 15.2. The minimum absolute atomic E-state index is 0.253. The largest absolute Gasteiger partial charge is 0.343 e. The molecule has 3 rings (SSSR count). The number of hydrogen-bond acceptors (Lipinski definition) is 4. The molecule has 0 radical (unpaired) electrons. The highest BCUT2D eigenvalue weighted by Gasteiger charge is 2.47. The fourth-order valence-corrected chi connectivity index (χ4v) is 3.00. The van der Waals surface area contributed by atoms with Gasteiger partial charge in [-0.05, 0) is 12.5 Å². The molecule has 1 fully saturated rings. The Hall–Kier alpha value is -3.28. The van der Waals surface area contributed by atoms with Crippen molar-refractivity contribution in [1.82, 2.24) is 20.0 Å². The van der Waals surface area contributed by atoms with Gasteiger partial charge in [0.15, 0.2) is 0 Å². The van der Waals surface area contributed by atoms with Crippen molar-refractivity contribution in [1.29, 1.82) is 5.26 Å². The van der Waals surface area contributed by atoms with Gasteiger partial charge in [0.2, 0.25) is 5.91 Å². The summed E-state index contributed by atoms with van der Waals surface area (Å²) in [6.45, 7) is 1.20. The van der Waals surface area contributed by atoms with Gasteiger partial charge in [0, 0.05) is 12.6 Å². The summed E-state index contributed by atoms with van der Waals surface area (Å²) in [5.74, 6) is -4.34. The molecule has 1 aliphatic rings. The van der Waals surface area contributed by atoms with Crippen molar-refractivity contribution in [3.05, 3.63) is 53.3 Å². The Morgan fingerprint density at radius 3 is 2.75 bits per heavy atom. The number of nitrogens with zero attached hydrogens (tertiary/aromatic N) is 4. The number of carbonyl (C=O) groups excluding carboxylic acids is 2. The number of carbonyl (C=O) groups is 2. The number of amides is 2. The third-order valence-electron chi connectivity index (χ3n) is 4.50. The van der Waals surface area contributed by atoms with E-state index in [0.29, 0.717) is 6.54 Å². The van der Waals surface area contributed by atoms with Crippen molar-refractivity contribution in [3.8, 4) is 6.07 Å². The summed E-state index contributed by atoms with van der Waals surface area (Å²) >= 11 is 0. The summed E-state index contributed by atoms with van der Waals surface area (Å²) in [7, 11) is 0. The van der Waals surface area contributed by atoms with Gasteiger partial charge in [-0.25, -0.2) is 8.78 Å². The second-order valence-corrected chi connectivity index (χ2v) is 6.82. The second kappa shape index (κ2) is 7.76. The van der Waals surface area contributed by atoms with Crippen molar-refractivity contribution in [2.45, 2.75) is 31.9 Å². The lowest BCUT2D eigenvalue weighted by atomic mass is 10.1. The molecule has 0 saturated carbocycles. The van der Waals surface area contributed by atoms with Gasteiger partial charge in [0.25, 0.3) is 11.8 Å². The topological polar surface area (TPSA) is 91.0 Å². The van der Waals surface area contributed by atoms with E-state index in [4.69, 9.17) is 5.26 Å². The van der Waals surface area contributed by atoms with E-state index in [1.54, 1.807) is 16.9 Å². The van der Waals surface area contributed by atoms with Crippen LogP contribution in [-0.4, -0.2) is 51.5 Å². The molecule has 1 N–H and O–H groups in total. The quantitative estimate of drug-likeness (QED) is 0.846. The predicted octanol–water partition coefficient (Wildman–Crippen LogP) is 1.73. The van der Waals surface area contributed by atoms with Gasteiger partial charge in [-0.2, -0.15) is 10.4 Å². The molecule has 0 spiro atoms. The standard InChI is InChI=1S/C19H19F2N5O2/c1-13-2-4-14(5-3-13)10-25-11-15(8-24-25)18(28)23-9-17(27)26-12-19(20,21)6-16(26)7-22/h2-5,8,11,16H,6,9-10,12H2,1H3,(H,23,28)/t16-/m0/s1. The molecule has 2 amide bonds. The first-order chi connectivity index (χ1) is 13.3. The van der Waals surface area contributed by atoms with Gasteiger partial charge >= 0.3 is 0 Å². The monoisotopic (exact) mass is 387 g/mol. The Morgan fingerprint density at radius 2 is 2.07 bits per heavy atom. The Balaban J connectivity index is 1.55. The van der Waals surface area contributed by atoms with E-state index in [0.717, 1.165) is 16.0 Å². The molecule has 146 valence electrons. The maximum atomic E-state index is 13.4. The summed E-state index contributed by atoms with van der Waals surface area (Å²) in [6.07, 6.45) is 2.23. The molecule has 1 atom stereocenters. The highest BCUT2D eigenvalue weighted by Crippen LogP contribution is 2.31. The van der Waals surface area contributed by atoms with Crippen LogP contribution in [0.2, 0.25) is 0 Å². The van der Waals surface area contributed by atoms with E-state index in [1.165, 1.54) is 6.20 Å². The molecule has 0 aliphatic carbocycles. The molecular formula is C19H19F2N5O2. The third kappa shape index (κ3) is 4.52. The lowest BCUT2D eigenvalue weighted by molar-refractivity contribution is -0.131. The fourth-order valence-electron chi connectivity index (χ4n) is 3.00. The van der Waals surface area contributed by atoms with Gasteiger partial charge in [-0.15, -0.1) is 0 Å². The fraction of sp³-hybridized carbons (Fsp3) is 0.368. The number of nitrogens with one attached hydrogen (secondary N) is 1. The van der Waals surface area contributed by atoms with Crippen LogP contribution in [0.3, 0.4) is 0 Å². The molecule has 0 bridgehead atoms. The van der Waals surface area contributed by atoms with Crippen molar-refractivity contribution in [2.75, 3.05) is 13.1 Å². The molecule has 1 aromatic heterocycles. The minimum Gasteiger partial charge on any atom is -0.343 e. The average molecular weight is 387 g/mol. The number of hydrogen-bond donors (Lipinski definition) is 1. The van der Waals surface area contributed by atoms with Crippen molar-refractivity contribution >= 4 is 11.8 Å². The summed E-state index contributed by atoms with van der Waals surface area (Å²) in [5.41, 5.74) is 2.42. The van der Waals surface area contributed by atoms with Gasteiger partial charge in [0.05, 0.1) is 37.5 Å². The van der Waals surface area contributed by atoms with E-state index in [-0.39, 0.29) is 5.56 Å². The predicted molar refractivity (Wildman–Crippen MR) is 95.5 cm³/mol. The number of nitriles is 1. The van der Waals surface area contributed by atoms with Crippen LogP contribution in [0.15, 0.2) is 36.7 Å². The minimum atomic E-state index is -3.09. The Kier molecular flexibility index (Phi) is 5.40. The first kappa shape index (κ1) is 19.5. The second-order valence-electron chi connectivity index (χ2n) is 6.82.